The van der Waals surface area contributed by atoms with Gasteiger partial charge in [0.15, 0.2) is 0 Å². The lowest BCUT2D eigenvalue weighted by Crippen LogP contribution is -2.30. The predicted molar refractivity (Wildman–Crippen MR) is 80.9 cm³/mol. The second-order valence-electron chi connectivity index (χ2n) is 5.10. The van der Waals surface area contributed by atoms with Crippen LogP contribution in [0.25, 0.3) is 0 Å². The fourth-order valence-corrected chi connectivity index (χ4v) is 2.82. The summed E-state index contributed by atoms with van der Waals surface area (Å²) >= 11 is 1.82. The van der Waals surface area contributed by atoms with Gasteiger partial charge >= 0.3 is 5.97 Å². The molecule has 0 aromatic heterocycles. The summed E-state index contributed by atoms with van der Waals surface area (Å²) in [4.78, 5) is 14.1. The zero-order valence-corrected chi connectivity index (χ0v) is 13.0. The molecule has 0 fully saturated rings. The summed E-state index contributed by atoms with van der Waals surface area (Å²) in [5.41, 5.74) is 2.63. The van der Waals surface area contributed by atoms with E-state index >= 15 is 0 Å². The lowest BCUT2D eigenvalue weighted by Gasteiger charge is -2.18. The highest BCUT2D eigenvalue weighted by Crippen LogP contribution is 2.20. The van der Waals surface area contributed by atoms with E-state index in [9.17, 15) is 4.79 Å². The molecule has 19 heavy (non-hydrogen) atoms. The molecular formula is C15H23NO2S. The third kappa shape index (κ3) is 5.66. The van der Waals surface area contributed by atoms with Gasteiger partial charge in [0, 0.05) is 23.7 Å². The molecule has 1 aromatic rings. The molecule has 0 radical (unpaired) electrons. The van der Waals surface area contributed by atoms with Crippen LogP contribution >= 0.6 is 11.8 Å². The number of aryl methyl sites for hydroxylation is 2. The summed E-state index contributed by atoms with van der Waals surface area (Å²) in [6, 6.07) is 6.50. The molecule has 3 nitrogen and oxygen atoms in total. The van der Waals surface area contributed by atoms with E-state index in [2.05, 4.69) is 36.9 Å². The van der Waals surface area contributed by atoms with Crippen LogP contribution < -0.4 is 0 Å². The van der Waals surface area contributed by atoms with Gasteiger partial charge in [-0.15, -0.1) is 11.8 Å². The average Bonchev–Trinajstić information content (AvgIpc) is 2.33. The molecule has 0 bridgehead atoms. The van der Waals surface area contributed by atoms with Crippen LogP contribution in [0.5, 0.6) is 0 Å². The first-order valence-electron chi connectivity index (χ1n) is 6.51. The summed E-state index contributed by atoms with van der Waals surface area (Å²) in [6.45, 7) is 7.48. The van der Waals surface area contributed by atoms with Gasteiger partial charge in [0.05, 0.1) is 5.92 Å². The molecule has 0 amide bonds. The number of aliphatic carboxylic acids is 1. The van der Waals surface area contributed by atoms with Gasteiger partial charge in [0.1, 0.15) is 0 Å². The fraction of sp³-hybridized carbons (Fsp3) is 0.533. The third-order valence-corrected chi connectivity index (χ3v) is 4.20. The van der Waals surface area contributed by atoms with E-state index < -0.39 is 5.97 Å². The van der Waals surface area contributed by atoms with Crippen molar-refractivity contribution in [2.45, 2.75) is 25.7 Å². The number of carboxylic acid groups (broad SMARTS) is 1. The first kappa shape index (κ1) is 16.1. The number of hydrogen-bond donors (Lipinski definition) is 1. The van der Waals surface area contributed by atoms with Gasteiger partial charge in [-0.2, -0.15) is 0 Å². The SMILES string of the molecule is Cc1ccc(SCCN(C)CC(C)C(=O)O)cc1C. The third-order valence-electron chi connectivity index (χ3n) is 3.23. The van der Waals surface area contributed by atoms with Crippen molar-refractivity contribution in [3.8, 4) is 0 Å². The topological polar surface area (TPSA) is 40.5 Å². The molecular weight excluding hydrogens is 258 g/mol. The molecule has 1 rings (SSSR count). The number of benzene rings is 1. The number of nitrogens with zero attached hydrogens (tertiary/aromatic N) is 1. The summed E-state index contributed by atoms with van der Waals surface area (Å²) in [7, 11) is 1.97. The Bertz CT molecular complexity index is 434. The monoisotopic (exact) mass is 281 g/mol. The van der Waals surface area contributed by atoms with Crippen LogP contribution in [0, 0.1) is 19.8 Å². The lowest BCUT2D eigenvalue weighted by molar-refractivity contribution is -0.141. The van der Waals surface area contributed by atoms with Gasteiger partial charge in [0.2, 0.25) is 0 Å². The van der Waals surface area contributed by atoms with Crippen LogP contribution in [0.4, 0.5) is 0 Å². The molecule has 0 aliphatic rings. The van der Waals surface area contributed by atoms with Crippen molar-refractivity contribution >= 4 is 17.7 Å². The van der Waals surface area contributed by atoms with E-state index in [4.69, 9.17) is 5.11 Å². The second-order valence-corrected chi connectivity index (χ2v) is 6.26. The number of thioether (sulfide) groups is 1. The first-order valence-corrected chi connectivity index (χ1v) is 7.50. The Balaban J connectivity index is 2.33. The van der Waals surface area contributed by atoms with E-state index in [1.54, 1.807) is 6.92 Å². The van der Waals surface area contributed by atoms with Crippen molar-refractivity contribution in [3.63, 3.8) is 0 Å². The van der Waals surface area contributed by atoms with Crippen LogP contribution in [0.2, 0.25) is 0 Å². The lowest BCUT2D eigenvalue weighted by atomic mass is 10.1. The van der Waals surface area contributed by atoms with Gasteiger partial charge < -0.3 is 10.0 Å². The zero-order valence-electron chi connectivity index (χ0n) is 12.1. The van der Waals surface area contributed by atoms with E-state index in [1.807, 2.05) is 18.8 Å². The smallest absolute Gasteiger partial charge is 0.307 e. The molecule has 0 aliphatic carbocycles. The van der Waals surface area contributed by atoms with Gasteiger partial charge in [-0.3, -0.25) is 4.79 Å². The fourth-order valence-electron chi connectivity index (χ4n) is 1.76. The summed E-state index contributed by atoms with van der Waals surface area (Å²) in [6.07, 6.45) is 0. The number of carboxylic acids is 1. The Labute approximate surface area is 120 Å². The maximum absolute atomic E-state index is 10.8. The predicted octanol–water partition coefficient (Wildman–Crippen LogP) is 3.05. The summed E-state index contributed by atoms with van der Waals surface area (Å²) in [5, 5.41) is 8.86. The average molecular weight is 281 g/mol. The van der Waals surface area contributed by atoms with Gasteiger partial charge in [-0.25, -0.2) is 0 Å². The van der Waals surface area contributed by atoms with Crippen molar-refractivity contribution in [1.82, 2.24) is 4.90 Å². The highest BCUT2D eigenvalue weighted by molar-refractivity contribution is 7.99. The molecule has 0 spiro atoms. The Hall–Kier alpha value is -1.00. The summed E-state index contributed by atoms with van der Waals surface area (Å²) in [5.74, 6) is -0.0593. The van der Waals surface area contributed by atoms with Gasteiger partial charge in [0.25, 0.3) is 0 Å². The Kier molecular flexibility index (Phi) is 6.38. The quantitative estimate of drug-likeness (QED) is 0.780. The van der Waals surface area contributed by atoms with Crippen LogP contribution in [-0.4, -0.2) is 41.9 Å². The van der Waals surface area contributed by atoms with E-state index in [0.29, 0.717) is 6.54 Å². The van der Waals surface area contributed by atoms with Crippen LogP contribution in [-0.2, 0) is 4.79 Å². The second kappa shape index (κ2) is 7.56. The Morgan fingerprint density at radius 1 is 1.37 bits per heavy atom. The van der Waals surface area contributed by atoms with Crippen LogP contribution in [0.3, 0.4) is 0 Å². The molecule has 1 atom stereocenters. The maximum atomic E-state index is 10.8. The molecule has 0 saturated heterocycles. The largest absolute Gasteiger partial charge is 0.481 e. The highest BCUT2D eigenvalue weighted by atomic mass is 32.2. The van der Waals surface area contributed by atoms with E-state index in [-0.39, 0.29) is 5.92 Å². The Morgan fingerprint density at radius 2 is 2.05 bits per heavy atom. The maximum Gasteiger partial charge on any atom is 0.307 e. The van der Waals surface area contributed by atoms with Crippen molar-refractivity contribution in [2.75, 3.05) is 25.9 Å². The van der Waals surface area contributed by atoms with Crippen molar-refractivity contribution in [2.24, 2.45) is 5.92 Å². The molecule has 0 aliphatic heterocycles. The molecule has 1 aromatic carbocycles. The minimum absolute atomic E-state index is 0.309. The van der Waals surface area contributed by atoms with Crippen molar-refractivity contribution < 1.29 is 9.90 Å². The molecule has 4 heteroatoms. The minimum Gasteiger partial charge on any atom is -0.481 e. The number of carbonyl (C=O) groups is 1. The normalized spacial score (nSPS) is 12.7. The van der Waals surface area contributed by atoms with Crippen LogP contribution in [0.15, 0.2) is 23.1 Å². The Morgan fingerprint density at radius 3 is 2.63 bits per heavy atom. The summed E-state index contributed by atoms with van der Waals surface area (Å²) < 4.78 is 0. The van der Waals surface area contributed by atoms with Crippen molar-refractivity contribution in [3.05, 3.63) is 29.3 Å². The number of rotatable bonds is 7. The molecule has 1 unspecified atom stereocenters. The number of hydrogen-bond acceptors (Lipinski definition) is 3. The molecule has 106 valence electrons. The zero-order chi connectivity index (χ0) is 14.4. The molecule has 0 saturated carbocycles. The van der Waals surface area contributed by atoms with E-state index in [1.165, 1.54) is 16.0 Å². The van der Waals surface area contributed by atoms with E-state index in [0.717, 1.165) is 12.3 Å². The highest BCUT2D eigenvalue weighted by Gasteiger charge is 2.13. The van der Waals surface area contributed by atoms with Crippen LogP contribution in [0.1, 0.15) is 18.1 Å². The molecule has 0 heterocycles. The standard InChI is InChI=1S/C15H23NO2S/c1-11-5-6-14(9-12(11)2)19-8-7-16(4)10-13(3)15(17)18/h5-6,9,13H,7-8,10H2,1-4H3,(H,17,18). The molecule has 1 N–H and O–H groups in total. The van der Waals surface area contributed by atoms with Crippen molar-refractivity contribution in [1.29, 1.82) is 0 Å². The van der Waals surface area contributed by atoms with Gasteiger partial charge in [-0.1, -0.05) is 13.0 Å². The minimum atomic E-state index is -0.728. The van der Waals surface area contributed by atoms with Gasteiger partial charge in [-0.05, 0) is 44.2 Å². The first-order chi connectivity index (χ1) is 8.90.